The Morgan fingerprint density at radius 2 is 1.84 bits per heavy atom. The first-order valence-corrected chi connectivity index (χ1v) is 7.87. The Balaban J connectivity index is 1.88. The first kappa shape index (κ1) is 14.6. The number of aryl methyl sites for hydroxylation is 1. The first-order chi connectivity index (χ1) is 9.11. The third kappa shape index (κ3) is 4.07. The highest BCUT2D eigenvalue weighted by atomic mass is 14.9. The summed E-state index contributed by atoms with van der Waals surface area (Å²) in [4.78, 5) is 0. The zero-order valence-electron chi connectivity index (χ0n) is 12.8. The smallest absolute Gasteiger partial charge is 0.0208 e. The number of rotatable bonds is 6. The average Bonchev–Trinajstić information content (AvgIpc) is 2.79. The normalized spacial score (nSPS) is 18.1. The van der Waals surface area contributed by atoms with Crippen LogP contribution in [-0.2, 0) is 6.54 Å². The Morgan fingerprint density at radius 1 is 1.16 bits per heavy atom. The van der Waals surface area contributed by atoms with E-state index >= 15 is 0 Å². The van der Waals surface area contributed by atoms with Crippen LogP contribution in [0.5, 0.6) is 0 Å². The van der Waals surface area contributed by atoms with Gasteiger partial charge in [-0.15, -0.1) is 0 Å². The van der Waals surface area contributed by atoms with Gasteiger partial charge in [0.1, 0.15) is 0 Å². The predicted octanol–water partition coefficient (Wildman–Crippen LogP) is 4.69. The number of nitrogens with one attached hydrogen (secondary N) is 1. The van der Waals surface area contributed by atoms with E-state index in [0.29, 0.717) is 5.41 Å². The van der Waals surface area contributed by atoms with Crippen LogP contribution in [0.4, 0.5) is 0 Å². The molecule has 2 rings (SSSR count). The van der Waals surface area contributed by atoms with Gasteiger partial charge < -0.3 is 5.32 Å². The van der Waals surface area contributed by atoms with E-state index in [1.54, 1.807) is 0 Å². The van der Waals surface area contributed by atoms with E-state index in [0.717, 1.165) is 12.5 Å². The number of benzene rings is 1. The van der Waals surface area contributed by atoms with Gasteiger partial charge in [0.15, 0.2) is 0 Å². The van der Waals surface area contributed by atoms with Crippen LogP contribution in [0.25, 0.3) is 0 Å². The molecule has 1 nitrogen and oxygen atoms in total. The van der Waals surface area contributed by atoms with Crippen LogP contribution in [0.2, 0.25) is 0 Å². The molecule has 1 fully saturated rings. The van der Waals surface area contributed by atoms with Crippen molar-refractivity contribution in [2.45, 2.75) is 59.4 Å². The molecule has 1 aromatic rings. The maximum absolute atomic E-state index is 3.73. The summed E-state index contributed by atoms with van der Waals surface area (Å²) in [7, 11) is 0. The minimum absolute atomic E-state index is 0.580. The molecule has 19 heavy (non-hydrogen) atoms. The molecule has 0 saturated heterocycles. The van der Waals surface area contributed by atoms with Crippen LogP contribution >= 0.6 is 0 Å². The van der Waals surface area contributed by atoms with Crippen LogP contribution in [-0.4, -0.2) is 6.54 Å². The lowest BCUT2D eigenvalue weighted by Gasteiger charge is -2.31. The summed E-state index contributed by atoms with van der Waals surface area (Å²) in [6, 6.07) is 8.71. The van der Waals surface area contributed by atoms with Crippen molar-refractivity contribution in [3.63, 3.8) is 0 Å². The zero-order chi connectivity index (χ0) is 13.7. The molecule has 1 N–H and O–H groups in total. The summed E-state index contributed by atoms with van der Waals surface area (Å²) in [5, 5.41) is 3.73. The van der Waals surface area contributed by atoms with Crippen molar-refractivity contribution < 1.29 is 0 Å². The highest BCUT2D eigenvalue weighted by Crippen LogP contribution is 2.42. The third-order valence-electron chi connectivity index (χ3n) is 4.58. The Hall–Kier alpha value is -0.820. The van der Waals surface area contributed by atoms with Gasteiger partial charge in [0.05, 0.1) is 0 Å². The molecule has 1 saturated carbocycles. The summed E-state index contributed by atoms with van der Waals surface area (Å²) in [6.07, 6.45) is 7.09. The standard InChI is InChI=1S/C18H29N/c1-15(2)12-18(10-6-7-11-18)14-19-13-17-9-5-4-8-16(17)3/h4-5,8-9,15,19H,6-7,10-14H2,1-3H3. The van der Waals surface area contributed by atoms with Crippen LogP contribution < -0.4 is 5.32 Å². The van der Waals surface area contributed by atoms with Crippen molar-refractivity contribution in [1.82, 2.24) is 5.32 Å². The van der Waals surface area contributed by atoms with Crippen molar-refractivity contribution in [1.29, 1.82) is 0 Å². The molecule has 0 aromatic heterocycles. The molecule has 0 bridgehead atoms. The highest BCUT2D eigenvalue weighted by molar-refractivity contribution is 5.25. The van der Waals surface area contributed by atoms with Crippen molar-refractivity contribution in [2.24, 2.45) is 11.3 Å². The molecule has 106 valence electrons. The molecule has 0 aliphatic heterocycles. The van der Waals surface area contributed by atoms with Gasteiger partial charge in [-0.1, -0.05) is 51.0 Å². The van der Waals surface area contributed by atoms with Gasteiger partial charge in [-0.05, 0) is 48.6 Å². The first-order valence-electron chi connectivity index (χ1n) is 7.87. The van der Waals surface area contributed by atoms with Crippen LogP contribution in [0, 0.1) is 18.3 Å². The van der Waals surface area contributed by atoms with Gasteiger partial charge in [0, 0.05) is 13.1 Å². The van der Waals surface area contributed by atoms with E-state index in [9.17, 15) is 0 Å². The number of hydrogen-bond donors (Lipinski definition) is 1. The lowest BCUT2D eigenvalue weighted by Crippen LogP contribution is -2.33. The molecule has 0 radical (unpaired) electrons. The fourth-order valence-electron chi connectivity index (χ4n) is 3.71. The van der Waals surface area contributed by atoms with Gasteiger partial charge in [0.2, 0.25) is 0 Å². The Bertz CT molecular complexity index is 388. The van der Waals surface area contributed by atoms with Crippen molar-refractivity contribution in [3.8, 4) is 0 Å². The maximum atomic E-state index is 3.73. The quantitative estimate of drug-likeness (QED) is 0.781. The summed E-state index contributed by atoms with van der Waals surface area (Å²) >= 11 is 0. The molecule has 1 heteroatoms. The minimum Gasteiger partial charge on any atom is -0.312 e. The van der Waals surface area contributed by atoms with Crippen LogP contribution in [0.15, 0.2) is 24.3 Å². The molecule has 1 aliphatic rings. The van der Waals surface area contributed by atoms with E-state index in [-0.39, 0.29) is 0 Å². The summed E-state index contributed by atoms with van der Waals surface area (Å²) in [6.45, 7) is 9.14. The van der Waals surface area contributed by atoms with Crippen molar-refractivity contribution in [3.05, 3.63) is 35.4 Å². The third-order valence-corrected chi connectivity index (χ3v) is 4.58. The highest BCUT2D eigenvalue weighted by Gasteiger charge is 2.33. The van der Waals surface area contributed by atoms with Crippen LogP contribution in [0.3, 0.4) is 0 Å². The maximum Gasteiger partial charge on any atom is 0.0208 e. The van der Waals surface area contributed by atoms with Crippen LogP contribution in [0.1, 0.15) is 57.1 Å². The lowest BCUT2D eigenvalue weighted by atomic mass is 9.78. The van der Waals surface area contributed by atoms with Gasteiger partial charge in [-0.25, -0.2) is 0 Å². The van der Waals surface area contributed by atoms with E-state index in [2.05, 4.69) is 50.4 Å². The van der Waals surface area contributed by atoms with Gasteiger partial charge in [-0.3, -0.25) is 0 Å². The van der Waals surface area contributed by atoms with Crippen molar-refractivity contribution >= 4 is 0 Å². The van der Waals surface area contributed by atoms with E-state index < -0.39 is 0 Å². The summed E-state index contributed by atoms with van der Waals surface area (Å²) in [5.41, 5.74) is 3.43. The monoisotopic (exact) mass is 259 g/mol. The lowest BCUT2D eigenvalue weighted by molar-refractivity contribution is 0.223. The Labute approximate surface area is 118 Å². The summed E-state index contributed by atoms with van der Waals surface area (Å²) < 4.78 is 0. The zero-order valence-corrected chi connectivity index (χ0v) is 12.8. The van der Waals surface area contributed by atoms with Gasteiger partial charge in [0.25, 0.3) is 0 Å². The Kier molecular flexibility index (Phi) is 5.04. The molecule has 0 unspecified atom stereocenters. The van der Waals surface area contributed by atoms with Crippen molar-refractivity contribution in [2.75, 3.05) is 6.54 Å². The SMILES string of the molecule is Cc1ccccc1CNCC1(CC(C)C)CCCC1. The average molecular weight is 259 g/mol. The largest absolute Gasteiger partial charge is 0.312 e. The second-order valence-electron chi connectivity index (χ2n) is 6.84. The van der Waals surface area contributed by atoms with Gasteiger partial charge in [-0.2, -0.15) is 0 Å². The molecular weight excluding hydrogens is 230 g/mol. The second kappa shape index (κ2) is 6.56. The molecule has 0 amide bonds. The molecular formula is C18H29N. The fourth-order valence-corrected chi connectivity index (χ4v) is 3.71. The summed E-state index contributed by atoms with van der Waals surface area (Å²) in [5.74, 6) is 0.818. The molecule has 0 spiro atoms. The molecule has 1 aliphatic carbocycles. The predicted molar refractivity (Wildman–Crippen MR) is 83.2 cm³/mol. The van der Waals surface area contributed by atoms with Gasteiger partial charge >= 0.3 is 0 Å². The Morgan fingerprint density at radius 3 is 2.47 bits per heavy atom. The molecule has 0 heterocycles. The topological polar surface area (TPSA) is 12.0 Å². The number of hydrogen-bond acceptors (Lipinski definition) is 1. The van der Waals surface area contributed by atoms with E-state index in [1.165, 1.54) is 49.8 Å². The van der Waals surface area contributed by atoms with E-state index in [4.69, 9.17) is 0 Å². The minimum atomic E-state index is 0.580. The van der Waals surface area contributed by atoms with E-state index in [1.807, 2.05) is 0 Å². The molecule has 0 atom stereocenters. The fraction of sp³-hybridized carbons (Fsp3) is 0.667. The molecule has 1 aromatic carbocycles. The second-order valence-corrected chi connectivity index (χ2v) is 6.84.